The zero-order chi connectivity index (χ0) is 13.9. The Hall–Kier alpha value is -0.590. The molecule has 1 rings (SSSR count). The number of ether oxygens (including phenoxy) is 1. The van der Waals surface area contributed by atoms with Gasteiger partial charge >= 0.3 is 5.97 Å². The second-order valence-electron chi connectivity index (χ2n) is 3.65. The highest BCUT2D eigenvalue weighted by Gasteiger charge is 2.19. The molecule has 0 amide bonds. The monoisotopic (exact) mass is 354 g/mol. The van der Waals surface area contributed by atoms with Crippen molar-refractivity contribution in [1.82, 2.24) is 0 Å². The molecule has 0 aliphatic rings. The summed E-state index contributed by atoms with van der Waals surface area (Å²) in [5.41, 5.74) is 0.803. The molecule has 0 heterocycles. The quantitative estimate of drug-likeness (QED) is 0.614. The molecule has 0 N–H and O–H groups in total. The first-order valence-corrected chi connectivity index (χ1v) is 8.29. The number of carbonyl (C=O) groups is 1. The first kappa shape index (κ1) is 15.5. The first-order valence-electron chi connectivity index (χ1n) is 5.19. The van der Waals surface area contributed by atoms with E-state index in [4.69, 9.17) is 15.4 Å². The predicted octanol–water partition coefficient (Wildman–Crippen LogP) is 3.25. The predicted molar refractivity (Wildman–Crippen MR) is 72.5 cm³/mol. The van der Waals surface area contributed by atoms with E-state index in [1.807, 2.05) is 6.92 Å². The van der Waals surface area contributed by atoms with E-state index in [0.717, 1.165) is 0 Å². The molecule has 0 unspecified atom stereocenters. The minimum atomic E-state index is -3.88. The Morgan fingerprint density at radius 1 is 1.44 bits per heavy atom. The Morgan fingerprint density at radius 2 is 2.06 bits per heavy atom. The highest BCUT2D eigenvalue weighted by molar-refractivity contribution is 9.10. The van der Waals surface area contributed by atoms with Gasteiger partial charge in [-0.25, -0.2) is 13.2 Å². The highest BCUT2D eigenvalue weighted by Crippen LogP contribution is 2.27. The largest absolute Gasteiger partial charge is 0.462 e. The number of esters is 1. The summed E-state index contributed by atoms with van der Waals surface area (Å²) in [4.78, 5) is 11.6. The van der Waals surface area contributed by atoms with Gasteiger partial charge in [0.15, 0.2) is 0 Å². The van der Waals surface area contributed by atoms with Gasteiger partial charge < -0.3 is 4.74 Å². The molecule has 0 spiro atoms. The molecule has 0 fully saturated rings. The summed E-state index contributed by atoms with van der Waals surface area (Å²) in [5.74, 6) is -0.558. The van der Waals surface area contributed by atoms with Gasteiger partial charge in [-0.1, -0.05) is 22.9 Å². The summed E-state index contributed by atoms with van der Waals surface area (Å²) in [7, 11) is 1.38. The lowest BCUT2D eigenvalue weighted by molar-refractivity contribution is 0.0504. The molecule has 0 bridgehead atoms. The fourth-order valence-corrected chi connectivity index (χ4v) is 2.68. The van der Waals surface area contributed by atoms with Crippen LogP contribution in [-0.4, -0.2) is 21.0 Å². The average Bonchev–Trinajstić information content (AvgIpc) is 2.27. The van der Waals surface area contributed by atoms with Crippen molar-refractivity contribution < 1.29 is 17.9 Å². The van der Waals surface area contributed by atoms with Crippen molar-refractivity contribution in [3.8, 4) is 0 Å². The normalized spacial score (nSPS) is 11.3. The molecule has 1 aromatic carbocycles. The maximum atomic E-state index is 11.8. The van der Waals surface area contributed by atoms with Crippen molar-refractivity contribution >= 4 is 41.6 Å². The van der Waals surface area contributed by atoms with Crippen LogP contribution in [0.3, 0.4) is 0 Å². The van der Waals surface area contributed by atoms with Crippen molar-refractivity contribution in [2.45, 2.75) is 25.2 Å². The fraction of sp³-hybridized carbons (Fsp3) is 0.364. The van der Waals surface area contributed by atoms with E-state index < -0.39 is 15.0 Å². The van der Waals surface area contributed by atoms with Crippen molar-refractivity contribution in [2.75, 3.05) is 6.61 Å². The van der Waals surface area contributed by atoms with Gasteiger partial charge in [0.2, 0.25) is 0 Å². The molecule has 0 atom stereocenters. The summed E-state index contributed by atoms with van der Waals surface area (Å²) >= 11 is 3.19. The van der Waals surface area contributed by atoms with Crippen LogP contribution in [0.15, 0.2) is 21.5 Å². The summed E-state index contributed by atoms with van der Waals surface area (Å²) in [6, 6.07) is 2.58. The minimum Gasteiger partial charge on any atom is -0.462 e. The topological polar surface area (TPSA) is 60.4 Å². The standard InChI is InChI=1S/C11H12BrClO4S/c1-3-4-17-11(14)9-5-8(18(13,15)16)6-10(12)7(9)2/h5-6H,3-4H2,1-2H3. The van der Waals surface area contributed by atoms with Crippen LogP contribution in [-0.2, 0) is 13.8 Å². The number of benzene rings is 1. The summed E-state index contributed by atoms with van der Waals surface area (Å²) in [5, 5.41) is 0. The lowest BCUT2D eigenvalue weighted by Crippen LogP contribution is -2.09. The molecule has 18 heavy (non-hydrogen) atoms. The zero-order valence-corrected chi connectivity index (χ0v) is 13.0. The SMILES string of the molecule is CCCOC(=O)c1cc(S(=O)(=O)Cl)cc(Br)c1C. The van der Waals surface area contributed by atoms with E-state index in [1.54, 1.807) is 6.92 Å². The Labute approximate surface area is 119 Å². The lowest BCUT2D eigenvalue weighted by atomic mass is 10.1. The molecule has 4 nitrogen and oxygen atoms in total. The van der Waals surface area contributed by atoms with Gasteiger partial charge in [0.1, 0.15) is 0 Å². The maximum Gasteiger partial charge on any atom is 0.338 e. The molecule has 0 aliphatic carbocycles. The van der Waals surface area contributed by atoms with Crippen molar-refractivity contribution in [1.29, 1.82) is 0 Å². The van der Waals surface area contributed by atoms with E-state index in [9.17, 15) is 13.2 Å². The summed E-state index contributed by atoms with van der Waals surface area (Å²) < 4.78 is 28.0. The smallest absolute Gasteiger partial charge is 0.338 e. The van der Waals surface area contributed by atoms with E-state index in [0.29, 0.717) is 16.5 Å². The van der Waals surface area contributed by atoms with Gasteiger partial charge in [0.25, 0.3) is 9.05 Å². The van der Waals surface area contributed by atoms with E-state index in [2.05, 4.69) is 15.9 Å². The molecule has 1 aromatic rings. The van der Waals surface area contributed by atoms with Crippen LogP contribution >= 0.6 is 26.6 Å². The van der Waals surface area contributed by atoms with Crippen LogP contribution in [0, 0.1) is 6.92 Å². The van der Waals surface area contributed by atoms with Gasteiger partial charge in [-0.05, 0) is 31.0 Å². The summed E-state index contributed by atoms with van der Waals surface area (Å²) in [6.07, 6.45) is 0.694. The fourth-order valence-electron chi connectivity index (χ4n) is 1.28. The van der Waals surface area contributed by atoms with Crippen molar-refractivity contribution in [3.05, 3.63) is 27.7 Å². The van der Waals surface area contributed by atoms with Crippen LogP contribution in [0.1, 0.15) is 29.3 Å². The van der Waals surface area contributed by atoms with Crippen molar-refractivity contribution in [2.24, 2.45) is 0 Å². The Morgan fingerprint density at radius 3 is 2.56 bits per heavy atom. The average molecular weight is 356 g/mol. The Bertz CT molecular complexity index is 569. The third kappa shape index (κ3) is 3.70. The number of carbonyl (C=O) groups excluding carboxylic acids is 1. The molecule has 0 saturated carbocycles. The van der Waals surface area contributed by atoms with Gasteiger partial charge in [0, 0.05) is 15.2 Å². The molecule has 7 heteroatoms. The Balaban J connectivity index is 3.27. The number of rotatable bonds is 4. The summed E-state index contributed by atoms with van der Waals surface area (Å²) in [6.45, 7) is 3.85. The lowest BCUT2D eigenvalue weighted by Gasteiger charge is -2.09. The van der Waals surface area contributed by atoms with Gasteiger partial charge in [-0.15, -0.1) is 0 Å². The maximum absolute atomic E-state index is 11.8. The van der Waals surface area contributed by atoms with Crippen LogP contribution < -0.4 is 0 Å². The second-order valence-corrected chi connectivity index (χ2v) is 7.07. The van der Waals surface area contributed by atoms with Gasteiger partial charge in [0.05, 0.1) is 17.1 Å². The number of hydrogen-bond donors (Lipinski definition) is 0. The van der Waals surface area contributed by atoms with Gasteiger partial charge in [-0.3, -0.25) is 0 Å². The van der Waals surface area contributed by atoms with E-state index in [-0.39, 0.29) is 17.1 Å². The third-order valence-electron chi connectivity index (χ3n) is 2.26. The van der Waals surface area contributed by atoms with Crippen LogP contribution in [0.4, 0.5) is 0 Å². The molecule has 0 saturated heterocycles. The zero-order valence-electron chi connectivity index (χ0n) is 9.87. The van der Waals surface area contributed by atoms with Crippen LogP contribution in [0.5, 0.6) is 0 Å². The van der Waals surface area contributed by atoms with Crippen LogP contribution in [0.25, 0.3) is 0 Å². The van der Waals surface area contributed by atoms with Crippen LogP contribution in [0.2, 0.25) is 0 Å². The first-order chi connectivity index (χ1) is 8.27. The molecular weight excluding hydrogens is 344 g/mol. The van der Waals surface area contributed by atoms with Gasteiger partial charge in [-0.2, -0.15) is 0 Å². The van der Waals surface area contributed by atoms with E-state index >= 15 is 0 Å². The minimum absolute atomic E-state index is 0.134. The van der Waals surface area contributed by atoms with Crippen molar-refractivity contribution in [3.63, 3.8) is 0 Å². The molecule has 0 radical (unpaired) electrons. The second kappa shape index (κ2) is 6.04. The molecular formula is C11H12BrClO4S. The molecule has 0 aromatic heterocycles. The number of hydrogen-bond acceptors (Lipinski definition) is 4. The Kier molecular flexibility index (Phi) is 5.19. The molecule has 100 valence electrons. The van der Waals surface area contributed by atoms with E-state index in [1.165, 1.54) is 12.1 Å². The highest BCUT2D eigenvalue weighted by atomic mass is 79.9. The number of halogens is 2. The molecule has 0 aliphatic heterocycles. The third-order valence-corrected chi connectivity index (χ3v) is 4.41.